The summed E-state index contributed by atoms with van der Waals surface area (Å²) >= 11 is 0. The van der Waals surface area contributed by atoms with E-state index in [9.17, 15) is 9.59 Å². The molecule has 1 fully saturated rings. The Morgan fingerprint density at radius 2 is 1.94 bits per heavy atom. The van der Waals surface area contributed by atoms with Gasteiger partial charge in [-0.3, -0.25) is 10.1 Å². The van der Waals surface area contributed by atoms with E-state index in [1.165, 1.54) is 7.05 Å². The normalized spacial score (nSPS) is 19.3. The van der Waals surface area contributed by atoms with Crippen LogP contribution in [-0.2, 0) is 4.79 Å². The lowest BCUT2D eigenvalue weighted by Gasteiger charge is -2.29. The predicted molar refractivity (Wildman–Crippen MR) is 70.3 cm³/mol. The quantitative estimate of drug-likeness (QED) is 0.649. The second-order valence-electron chi connectivity index (χ2n) is 4.94. The molecule has 0 aliphatic carbocycles. The zero-order valence-corrected chi connectivity index (χ0v) is 11.5. The van der Waals surface area contributed by atoms with Crippen molar-refractivity contribution in [3.05, 3.63) is 0 Å². The Labute approximate surface area is 108 Å². The Morgan fingerprint density at radius 3 is 2.50 bits per heavy atom. The first-order chi connectivity index (χ1) is 8.52. The van der Waals surface area contributed by atoms with Crippen molar-refractivity contribution in [3.63, 3.8) is 0 Å². The maximum Gasteiger partial charge on any atom is 0.321 e. The Bertz CT molecular complexity index is 288. The highest BCUT2D eigenvalue weighted by molar-refractivity contribution is 5.96. The lowest BCUT2D eigenvalue weighted by atomic mass is 9.97. The minimum absolute atomic E-state index is 0.290. The van der Waals surface area contributed by atoms with E-state index in [2.05, 4.69) is 27.9 Å². The van der Waals surface area contributed by atoms with Crippen LogP contribution in [0, 0.1) is 5.92 Å². The lowest BCUT2D eigenvalue weighted by Crippen LogP contribution is -2.48. The Hall–Kier alpha value is -1.14. The van der Waals surface area contributed by atoms with Crippen molar-refractivity contribution >= 4 is 11.9 Å². The molecule has 0 aromatic heterocycles. The number of hydrogen-bond acceptors (Lipinski definition) is 4. The third kappa shape index (κ3) is 5.01. The molecular weight excluding hydrogens is 232 g/mol. The molecule has 0 aromatic carbocycles. The van der Waals surface area contributed by atoms with Crippen LogP contribution in [0.3, 0.4) is 0 Å². The number of carbonyl (C=O) groups excluding carboxylic acids is 2. The van der Waals surface area contributed by atoms with Crippen LogP contribution < -0.4 is 16.0 Å². The van der Waals surface area contributed by atoms with Crippen LogP contribution in [0.2, 0.25) is 0 Å². The highest BCUT2D eigenvalue weighted by atomic mass is 16.2. The zero-order chi connectivity index (χ0) is 13.5. The monoisotopic (exact) mass is 256 g/mol. The van der Waals surface area contributed by atoms with Crippen molar-refractivity contribution in [2.75, 3.05) is 33.7 Å². The first-order valence-electron chi connectivity index (χ1n) is 6.47. The molecule has 1 unspecified atom stereocenters. The van der Waals surface area contributed by atoms with Crippen molar-refractivity contribution in [3.8, 4) is 0 Å². The van der Waals surface area contributed by atoms with Crippen LogP contribution in [0.25, 0.3) is 0 Å². The molecule has 6 heteroatoms. The molecule has 0 spiro atoms. The SMILES string of the molecule is CNC(=O)NC(=O)C(C)NCC1CCN(C)CC1. The molecule has 1 aliphatic rings. The molecule has 18 heavy (non-hydrogen) atoms. The highest BCUT2D eigenvalue weighted by Gasteiger charge is 2.19. The van der Waals surface area contributed by atoms with Gasteiger partial charge in [0.1, 0.15) is 0 Å². The molecule has 3 amide bonds. The summed E-state index contributed by atoms with van der Waals surface area (Å²) < 4.78 is 0. The maximum absolute atomic E-state index is 11.6. The average Bonchev–Trinajstić information content (AvgIpc) is 2.37. The van der Waals surface area contributed by atoms with Crippen molar-refractivity contribution in [1.29, 1.82) is 0 Å². The number of hydrogen-bond donors (Lipinski definition) is 3. The van der Waals surface area contributed by atoms with Gasteiger partial charge < -0.3 is 15.5 Å². The second kappa shape index (κ2) is 7.33. The van der Waals surface area contributed by atoms with E-state index in [1.807, 2.05) is 0 Å². The standard InChI is InChI=1S/C12H24N4O2/c1-9(11(17)15-12(18)13-2)14-8-10-4-6-16(3)7-5-10/h9-10,14H,4-8H2,1-3H3,(H2,13,15,17,18). The van der Waals surface area contributed by atoms with E-state index < -0.39 is 6.03 Å². The van der Waals surface area contributed by atoms with Crippen LogP contribution in [0.1, 0.15) is 19.8 Å². The van der Waals surface area contributed by atoms with Crippen LogP contribution in [0.4, 0.5) is 4.79 Å². The minimum Gasteiger partial charge on any atom is -0.341 e. The molecular formula is C12H24N4O2. The number of piperidine rings is 1. The molecule has 3 N–H and O–H groups in total. The third-order valence-corrected chi connectivity index (χ3v) is 3.41. The summed E-state index contributed by atoms with van der Waals surface area (Å²) in [5.74, 6) is 0.332. The van der Waals surface area contributed by atoms with E-state index in [4.69, 9.17) is 0 Å². The zero-order valence-electron chi connectivity index (χ0n) is 11.5. The average molecular weight is 256 g/mol. The smallest absolute Gasteiger partial charge is 0.321 e. The number of imide groups is 1. The summed E-state index contributed by atoms with van der Waals surface area (Å²) in [6, 6.07) is -0.810. The van der Waals surface area contributed by atoms with Gasteiger partial charge >= 0.3 is 6.03 Å². The van der Waals surface area contributed by atoms with Gasteiger partial charge in [-0.2, -0.15) is 0 Å². The van der Waals surface area contributed by atoms with Gasteiger partial charge in [-0.25, -0.2) is 4.79 Å². The van der Waals surface area contributed by atoms with Crippen molar-refractivity contribution in [1.82, 2.24) is 20.9 Å². The molecule has 0 saturated carbocycles. The van der Waals surface area contributed by atoms with E-state index >= 15 is 0 Å². The maximum atomic E-state index is 11.6. The fraction of sp³-hybridized carbons (Fsp3) is 0.833. The molecule has 0 aromatic rings. The largest absolute Gasteiger partial charge is 0.341 e. The van der Waals surface area contributed by atoms with Crippen LogP contribution in [-0.4, -0.2) is 56.6 Å². The number of nitrogens with one attached hydrogen (secondary N) is 3. The number of nitrogens with zero attached hydrogens (tertiary/aromatic N) is 1. The number of rotatable bonds is 4. The summed E-state index contributed by atoms with van der Waals surface area (Å²) in [5, 5.41) is 7.81. The number of carbonyl (C=O) groups is 2. The second-order valence-corrected chi connectivity index (χ2v) is 4.94. The summed E-state index contributed by atoms with van der Waals surface area (Å²) in [6.07, 6.45) is 2.32. The van der Waals surface area contributed by atoms with E-state index in [0.29, 0.717) is 5.92 Å². The summed E-state index contributed by atoms with van der Waals surface area (Å²) in [4.78, 5) is 24.9. The topological polar surface area (TPSA) is 73.5 Å². The molecule has 6 nitrogen and oxygen atoms in total. The van der Waals surface area contributed by atoms with E-state index in [0.717, 1.165) is 32.5 Å². The van der Waals surface area contributed by atoms with Gasteiger partial charge in [0.25, 0.3) is 0 Å². The van der Waals surface area contributed by atoms with Gasteiger partial charge in [0, 0.05) is 7.05 Å². The van der Waals surface area contributed by atoms with Crippen molar-refractivity contribution in [2.24, 2.45) is 5.92 Å². The van der Waals surface area contributed by atoms with Crippen LogP contribution >= 0.6 is 0 Å². The number of amides is 3. The molecule has 1 heterocycles. The Balaban J connectivity index is 2.21. The van der Waals surface area contributed by atoms with E-state index in [1.54, 1.807) is 6.92 Å². The Morgan fingerprint density at radius 1 is 1.33 bits per heavy atom. The molecule has 104 valence electrons. The van der Waals surface area contributed by atoms with Crippen LogP contribution in [0.5, 0.6) is 0 Å². The first kappa shape index (κ1) is 14.9. The molecule has 1 saturated heterocycles. The van der Waals surface area contributed by atoms with Gasteiger partial charge in [0.15, 0.2) is 0 Å². The summed E-state index contributed by atoms with van der Waals surface area (Å²) in [6.45, 7) is 4.83. The third-order valence-electron chi connectivity index (χ3n) is 3.41. The fourth-order valence-electron chi connectivity index (χ4n) is 1.98. The molecule has 1 rings (SSSR count). The van der Waals surface area contributed by atoms with Crippen LogP contribution in [0.15, 0.2) is 0 Å². The van der Waals surface area contributed by atoms with Gasteiger partial charge in [-0.1, -0.05) is 0 Å². The molecule has 1 aliphatic heterocycles. The summed E-state index contributed by atoms with van der Waals surface area (Å²) in [7, 11) is 3.61. The van der Waals surface area contributed by atoms with Crippen molar-refractivity contribution < 1.29 is 9.59 Å². The summed E-state index contributed by atoms with van der Waals surface area (Å²) in [5.41, 5.74) is 0. The Kier molecular flexibility index (Phi) is 6.07. The first-order valence-corrected chi connectivity index (χ1v) is 6.47. The lowest BCUT2D eigenvalue weighted by molar-refractivity contribution is -0.121. The number of urea groups is 1. The minimum atomic E-state index is -0.465. The van der Waals surface area contributed by atoms with Gasteiger partial charge in [-0.15, -0.1) is 0 Å². The number of likely N-dealkylation sites (tertiary alicyclic amines) is 1. The van der Waals surface area contributed by atoms with Gasteiger partial charge in [0.2, 0.25) is 5.91 Å². The van der Waals surface area contributed by atoms with Crippen molar-refractivity contribution in [2.45, 2.75) is 25.8 Å². The highest BCUT2D eigenvalue weighted by Crippen LogP contribution is 2.14. The molecule has 1 atom stereocenters. The molecule has 0 bridgehead atoms. The predicted octanol–water partition coefficient (Wildman–Crippen LogP) is -0.238. The van der Waals surface area contributed by atoms with Gasteiger partial charge in [-0.05, 0) is 52.4 Å². The fourth-order valence-corrected chi connectivity index (χ4v) is 1.98. The van der Waals surface area contributed by atoms with Gasteiger partial charge in [0.05, 0.1) is 6.04 Å². The van der Waals surface area contributed by atoms with E-state index in [-0.39, 0.29) is 11.9 Å². The molecule has 0 radical (unpaired) electrons.